The van der Waals surface area contributed by atoms with E-state index in [4.69, 9.17) is 11.6 Å². The standard InChI is InChI=1S/C15H14ClNOS/c16-13-7-3-1-5-11(13)9-10-17-15(18)12-6-2-4-8-14(12)19/h1-8,19H,9-10H2,(H,17,18). The fraction of sp³-hybridized carbons (Fsp3) is 0.133. The van der Waals surface area contributed by atoms with E-state index in [0.29, 0.717) is 23.4 Å². The zero-order valence-electron chi connectivity index (χ0n) is 10.3. The lowest BCUT2D eigenvalue weighted by Crippen LogP contribution is -2.26. The molecule has 2 rings (SSSR count). The van der Waals surface area contributed by atoms with Gasteiger partial charge in [-0.05, 0) is 30.2 Å². The van der Waals surface area contributed by atoms with Gasteiger partial charge in [-0.3, -0.25) is 4.79 Å². The number of carbonyl (C=O) groups excluding carboxylic acids is 1. The maximum absolute atomic E-state index is 11.9. The van der Waals surface area contributed by atoms with Gasteiger partial charge in [-0.2, -0.15) is 0 Å². The average molecular weight is 292 g/mol. The first-order valence-corrected chi connectivity index (χ1v) is 6.80. The highest BCUT2D eigenvalue weighted by atomic mass is 35.5. The number of halogens is 1. The lowest BCUT2D eigenvalue weighted by molar-refractivity contribution is 0.0951. The molecule has 0 saturated carbocycles. The van der Waals surface area contributed by atoms with Crippen molar-refractivity contribution in [3.63, 3.8) is 0 Å². The second kappa shape index (κ2) is 6.64. The van der Waals surface area contributed by atoms with Crippen LogP contribution < -0.4 is 5.32 Å². The first-order chi connectivity index (χ1) is 9.18. The zero-order valence-corrected chi connectivity index (χ0v) is 11.9. The molecule has 0 heterocycles. The van der Waals surface area contributed by atoms with Crippen LogP contribution in [0.15, 0.2) is 53.4 Å². The Balaban J connectivity index is 1.92. The molecule has 0 unspecified atom stereocenters. The van der Waals surface area contributed by atoms with Gasteiger partial charge < -0.3 is 5.32 Å². The molecule has 2 aromatic carbocycles. The zero-order chi connectivity index (χ0) is 13.7. The van der Waals surface area contributed by atoms with Crippen molar-refractivity contribution in [1.82, 2.24) is 5.32 Å². The van der Waals surface area contributed by atoms with E-state index in [0.717, 1.165) is 10.6 Å². The molecule has 0 spiro atoms. The molecule has 4 heteroatoms. The predicted molar refractivity (Wildman–Crippen MR) is 81.2 cm³/mol. The molecule has 19 heavy (non-hydrogen) atoms. The van der Waals surface area contributed by atoms with E-state index < -0.39 is 0 Å². The largest absolute Gasteiger partial charge is 0.352 e. The third-order valence-electron chi connectivity index (χ3n) is 2.79. The molecule has 0 aliphatic rings. The molecule has 0 saturated heterocycles. The van der Waals surface area contributed by atoms with Crippen molar-refractivity contribution in [3.8, 4) is 0 Å². The summed E-state index contributed by atoms with van der Waals surface area (Å²) in [6.07, 6.45) is 0.708. The smallest absolute Gasteiger partial charge is 0.252 e. The van der Waals surface area contributed by atoms with Crippen molar-refractivity contribution < 1.29 is 4.79 Å². The van der Waals surface area contributed by atoms with Gasteiger partial charge in [-0.25, -0.2) is 0 Å². The van der Waals surface area contributed by atoms with Crippen LogP contribution in [-0.2, 0) is 6.42 Å². The van der Waals surface area contributed by atoms with Gasteiger partial charge in [0.05, 0.1) is 5.56 Å². The van der Waals surface area contributed by atoms with E-state index in [1.54, 1.807) is 12.1 Å². The molecule has 0 aliphatic heterocycles. The van der Waals surface area contributed by atoms with Crippen molar-refractivity contribution in [3.05, 3.63) is 64.7 Å². The SMILES string of the molecule is O=C(NCCc1ccccc1Cl)c1ccccc1S. The summed E-state index contributed by atoms with van der Waals surface area (Å²) in [7, 11) is 0. The second-order valence-electron chi connectivity index (χ2n) is 4.11. The Kier molecular flexibility index (Phi) is 4.88. The number of nitrogens with one attached hydrogen (secondary N) is 1. The maximum atomic E-state index is 11.9. The third kappa shape index (κ3) is 3.75. The lowest BCUT2D eigenvalue weighted by Gasteiger charge is -2.08. The Morgan fingerprint density at radius 3 is 2.53 bits per heavy atom. The van der Waals surface area contributed by atoms with Crippen LogP contribution in [-0.4, -0.2) is 12.5 Å². The number of carbonyl (C=O) groups is 1. The van der Waals surface area contributed by atoms with Crippen molar-refractivity contribution >= 4 is 30.1 Å². The first-order valence-electron chi connectivity index (χ1n) is 5.98. The van der Waals surface area contributed by atoms with E-state index in [-0.39, 0.29) is 5.91 Å². The molecule has 0 aliphatic carbocycles. The highest BCUT2D eigenvalue weighted by Crippen LogP contribution is 2.15. The van der Waals surface area contributed by atoms with Crippen LogP contribution in [0.2, 0.25) is 5.02 Å². The molecule has 0 aromatic heterocycles. The van der Waals surface area contributed by atoms with Gasteiger partial charge in [0.25, 0.3) is 5.91 Å². The monoisotopic (exact) mass is 291 g/mol. The number of hydrogen-bond donors (Lipinski definition) is 2. The van der Waals surface area contributed by atoms with Gasteiger partial charge in [0.1, 0.15) is 0 Å². The van der Waals surface area contributed by atoms with Gasteiger partial charge in [0.15, 0.2) is 0 Å². The highest BCUT2D eigenvalue weighted by Gasteiger charge is 2.08. The van der Waals surface area contributed by atoms with Gasteiger partial charge in [0, 0.05) is 16.5 Å². The normalized spacial score (nSPS) is 10.2. The van der Waals surface area contributed by atoms with Crippen LogP contribution in [0, 0.1) is 0 Å². The Morgan fingerprint density at radius 1 is 1.11 bits per heavy atom. The Bertz CT molecular complexity index is 586. The van der Waals surface area contributed by atoms with Crippen molar-refractivity contribution in [2.24, 2.45) is 0 Å². The summed E-state index contributed by atoms with van der Waals surface area (Å²) in [6.45, 7) is 0.546. The molecule has 2 nitrogen and oxygen atoms in total. The summed E-state index contributed by atoms with van der Waals surface area (Å²) in [5, 5.41) is 3.60. The number of amides is 1. The molecule has 2 aromatic rings. The lowest BCUT2D eigenvalue weighted by atomic mass is 10.1. The van der Waals surface area contributed by atoms with E-state index >= 15 is 0 Å². The molecule has 0 fully saturated rings. The number of rotatable bonds is 4. The summed E-state index contributed by atoms with van der Waals surface area (Å²) >= 11 is 10.3. The van der Waals surface area contributed by atoms with E-state index in [2.05, 4.69) is 17.9 Å². The molecular formula is C15H14ClNOS. The first kappa shape index (κ1) is 14.0. The molecule has 0 atom stereocenters. The van der Waals surface area contributed by atoms with Gasteiger partial charge in [0.2, 0.25) is 0 Å². The Hall–Kier alpha value is -1.45. The van der Waals surface area contributed by atoms with Crippen molar-refractivity contribution in [2.75, 3.05) is 6.54 Å². The van der Waals surface area contributed by atoms with Gasteiger partial charge in [-0.1, -0.05) is 41.9 Å². The maximum Gasteiger partial charge on any atom is 0.252 e. The molecule has 98 valence electrons. The highest BCUT2D eigenvalue weighted by molar-refractivity contribution is 7.80. The summed E-state index contributed by atoms with van der Waals surface area (Å²) in [6, 6.07) is 14.9. The molecule has 1 N–H and O–H groups in total. The van der Waals surface area contributed by atoms with Gasteiger partial charge in [-0.15, -0.1) is 12.6 Å². The summed E-state index contributed by atoms with van der Waals surface area (Å²) < 4.78 is 0. The summed E-state index contributed by atoms with van der Waals surface area (Å²) in [5.74, 6) is -0.113. The van der Waals surface area contributed by atoms with Crippen LogP contribution in [0.3, 0.4) is 0 Å². The van der Waals surface area contributed by atoms with Gasteiger partial charge >= 0.3 is 0 Å². The number of thiol groups is 1. The molecule has 1 amide bonds. The third-order valence-corrected chi connectivity index (χ3v) is 3.55. The molecule has 0 bridgehead atoms. The molecule has 0 radical (unpaired) electrons. The van der Waals surface area contributed by atoms with Crippen LogP contribution in [0.25, 0.3) is 0 Å². The quantitative estimate of drug-likeness (QED) is 0.828. The fourth-order valence-electron chi connectivity index (χ4n) is 1.77. The minimum atomic E-state index is -0.113. The van der Waals surface area contributed by atoms with Crippen LogP contribution in [0.5, 0.6) is 0 Å². The van der Waals surface area contributed by atoms with E-state index in [1.807, 2.05) is 36.4 Å². The van der Waals surface area contributed by atoms with Crippen molar-refractivity contribution in [2.45, 2.75) is 11.3 Å². The van der Waals surface area contributed by atoms with Crippen LogP contribution >= 0.6 is 24.2 Å². The Labute approximate surface area is 123 Å². The summed E-state index contributed by atoms with van der Waals surface area (Å²) in [4.78, 5) is 12.6. The number of hydrogen-bond acceptors (Lipinski definition) is 2. The minimum Gasteiger partial charge on any atom is -0.352 e. The van der Waals surface area contributed by atoms with Crippen LogP contribution in [0.4, 0.5) is 0 Å². The minimum absolute atomic E-state index is 0.113. The summed E-state index contributed by atoms with van der Waals surface area (Å²) in [5.41, 5.74) is 1.62. The van der Waals surface area contributed by atoms with Crippen LogP contribution in [0.1, 0.15) is 15.9 Å². The fourth-order valence-corrected chi connectivity index (χ4v) is 2.27. The predicted octanol–water partition coefficient (Wildman–Crippen LogP) is 3.60. The molecular weight excluding hydrogens is 278 g/mol. The van der Waals surface area contributed by atoms with E-state index in [9.17, 15) is 4.79 Å². The topological polar surface area (TPSA) is 29.1 Å². The van der Waals surface area contributed by atoms with E-state index in [1.165, 1.54) is 0 Å². The average Bonchev–Trinajstić information content (AvgIpc) is 2.41. The second-order valence-corrected chi connectivity index (χ2v) is 5.00. The van der Waals surface area contributed by atoms with Crippen molar-refractivity contribution in [1.29, 1.82) is 0 Å². The Morgan fingerprint density at radius 2 is 1.79 bits per heavy atom. The number of benzene rings is 2.